The predicted molar refractivity (Wildman–Crippen MR) is 102 cm³/mol. The number of likely N-dealkylation sites (tertiary alicyclic amines) is 1. The molecule has 0 bridgehead atoms. The Hall–Kier alpha value is -2.13. The molecule has 0 aromatic heterocycles. The molecule has 1 amide bonds. The van der Waals surface area contributed by atoms with Gasteiger partial charge in [-0.05, 0) is 24.0 Å². The van der Waals surface area contributed by atoms with Gasteiger partial charge in [0.1, 0.15) is 0 Å². The van der Waals surface area contributed by atoms with Crippen molar-refractivity contribution in [1.29, 1.82) is 0 Å². The molecule has 3 rings (SSSR count). The number of carbonyl (C=O) groups is 1. The summed E-state index contributed by atoms with van der Waals surface area (Å²) in [5.41, 5.74) is 2.50. The predicted octanol–water partition coefficient (Wildman–Crippen LogP) is 4.09. The SMILES string of the molecule is O=C(CN(Cc1ccccc1)Cc1ccccc1)N1CCCCCC1. The molecule has 0 saturated carbocycles. The lowest BCUT2D eigenvalue weighted by molar-refractivity contribution is -0.132. The minimum Gasteiger partial charge on any atom is -0.342 e. The Morgan fingerprint density at radius 1 is 0.760 bits per heavy atom. The van der Waals surface area contributed by atoms with Crippen LogP contribution in [0.1, 0.15) is 36.8 Å². The molecule has 0 spiro atoms. The fourth-order valence-corrected chi connectivity index (χ4v) is 3.46. The number of nitrogens with zero attached hydrogens (tertiary/aromatic N) is 2. The van der Waals surface area contributed by atoms with Gasteiger partial charge in [-0.2, -0.15) is 0 Å². The summed E-state index contributed by atoms with van der Waals surface area (Å²) < 4.78 is 0. The molecule has 132 valence electrons. The maximum atomic E-state index is 12.8. The van der Waals surface area contributed by atoms with Crippen LogP contribution in [0, 0.1) is 0 Å². The Bertz CT molecular complexity index is 592. The van der Waals surface area contributed by atoms with Crippen LogP contribution < -0.4 is 0 Å². The largest absolute Gasteiger partial charge is 0.342 e. The van der Waals surface area contributed by atoms with Gasteiger partial charge in [0, 0.05) is 26.2 Å². The lowest BCUT2D eigenvalue weighted by atomic mass is 10.1. The fourth-order valence-electron chi connectivity index (χ4n) is 3.46. The van der Waals surface area contributed by atoms with Gasteiger partial charge in [-0.25, -0.2) is 0 Å². The molecule has 1 aliphatic rings. The summed E-state index contributed by atoms with van der Waals surface area (Å²) in [4.78, 5) is 17.2. The van der Waals surface area contributed by atoms with Crippen LogP contribution in [-0.2, 0) is 17.9 Å². The van der Waals surface area contributed by atoms with E-state index in [2.05, 4.69) is 58.3 Å². The number of rotatable bonds is 6. The first-order valence-electron chi connectivity index (χ1n) is 9.39. The Labute approximate surface area is 151 Å². The second kappa shape index (κ2) is 9.38. The van der Waals surface area contributed by atoms with E-state index in [-0.39, 0.29) is 5.91 Å². The number of hydrogen-bond donors (Lipinski definition) is 0. The molecule has 3 nitrogen and oxygen atoms in total. The Balaban J connectivity index is 1.67. The summed E-state index contributed by atoms with van der Waals surface area (Å²) in [6.07, 6.45) is 4.79. The molecule has 0 radical (unpaired) electrons. The highest BCUT2D eigenvalue weighted by molar-refractivity contribution is 5.78. The van der Waals surface area contributed by atoms with E-state index in [4.69, 9.17) is 0 Å². The Morgan fingerprint density at radius 3 is 1.72 bits per heavy atom. The van der Waals surface area contributed by atoms with Gasteiger partial charge >= 0.3 is 0 Å². The zero-order valence-electron chi connectivity index (χ0n) is 14.9. The highest BCUT2D eigenvalue weighted by Crippen LogP contribution is 2.13. The molecular formula is C22H28N2O. The minimum absolute atomic E-state index is 0.272. The average molecular weight is 336 g/mol. The third-order valence-corrected chi connectivity index (χ3v) is 4.82. The van der Waals surface area contributed by atoms with Gasteiger partial charge in [0.25, 0.3) is 0 Å². The summed E-state index contributed by atoms with van der Waals surface area (Å²) in [5.74, 6) is 0.272. The number of carbonyl (C=O) groups excluding carboxylic acids is 1. The maximum absolute atomic E-state index is 12.8. The number of amides is 1. The maximum Gasteiger partial charge on any atom is 0.236 e. The van der Waals surface area contributed by atoms with Crippen LogP contribution in [0.3, 0.4) is 0 Å². The smallest absolute Gasteiger partial charge is 0.236 e. The van der Waals surface area contributed by atoms with Crippen LogP contribution in [0.4, 0.5) is 0 Å². The lowest BCUT2D eigenvalue weighted by Crippen LogP contribution is -2.40. The van der Waals surface area contributed by atoms with Gasteiger partial charge in [-0.3, -0.25) is 9.69 Å². The first-order valence-corrected chi connectivity index (χ1v) is 9.39. The van der Waals surface area contributed by atoms with Crippen LogP contribution in [0.25, 0.3) is 0 Å². The molecule has 1 fully saturated rings. The summed E-state index contributed by atoms with van der Waals surface area (Å²) in [6.45, 7) is 3.93. The van der Waals surface area contributed by atoms with Gasteiger partial charge in [0.15, 0.2) is 0 Å². The van der Waals surface area contributed by atoms with Gasteiger partial charge in [0.05, 0.1) is 6.54 Å². The first-order chi connectivity index (χ1) is 12.3. The number of benzene rings is 2. The Kier molecular flexibility index (Phi) is 6.63. The van der Waals surface area contributed by atoms with Crippen LogP contribution >= 0.6 is 0 Å². The van der Waals surface area contributed by atoms with Crippen molar-refractivity contribution in [3.05, 3.63) is 71.8 Å². The summed E-state index contributed by atoms with van der Waals surface area (Å²) in [7, 11) is 0. The first kappa shape index (κ1) is 17.7. The molecule has 1 saturated heterocycles. The van der Waals surface area contributed by atoms with Crippen molar-refractivity contribution < 1.29 is 4.79 Å². The van der Waals surface area contributed by atoms with E-state index in [0.29, 0.717) is 6.54 Å². The lowest BCUT2D eigenvalue weighted by Gasteiger charge is -2.27. The van der Waals surface area contributed by atoms with Gasteiger partial charge in [-0.1, -0.05) is 73.5 Å². The van der Waals surface area contributed by atoms with Crippen molar-refractivity contribution >= 4 is 5.91 Å². The van der Waals surface area contributed by atoms with Crippen molar-refractivity contribution in [3.8, 4) is 0 Å². The summed E-state index contributed by atoms with van der Waals surface area (Å²) >= 11 is 0. The van der Waals surface area contributed by atoms with Crippen molar-refractivity contribution in [1.82, 2.24) is 9.80 Å². The quantitative estimate of drug-likeness (QED) is 0.793. The fraction of sp³-hybridized carbons (Fsp3) is 0.409. The van der Waals surface area contributed by atoms with Crippen molar-refractivity contribution in [2.45, 2.75) is 38.8 Å². The molecule has 0 aliphatic carbocycles. The molecule has 1 aliphatic heterocycles. The standard InChI is InChI=1S/C22H28N2O/c25-22(24-15-9-1-2-10-16-24)19-23(17-20-11-5-3-6-12-20)18-21-13-7-4-8-14-21/h3-8,11-14H,1-2,9-10,15-19H2. The third kappa shape index (κ3) is 5.71. The average Bonchev–Trinajstić information content (AvgIpc) is 2.93. The van der Waals surface area contributed by atoms with Crippen LogP contribution in [-0.4, -0.2) is 35.3 Å². The monoisotopic (exact) mass is 336 g/mol. The van der Waals surface area contributed by atoms with Gasteiger partial charge in [-0.15, -0.1) is 0 Å². The molecule has 0 unspecified atom stereocenters. The minimum atomic E-state index is 0.272. The second-order valence-electron chi connectivity index (χ2n) is 6.91. The summed E-state index contributed by atoms with van der Waals surface area (Å²) in [5, 5.41) is 0. The van der Waals surface area contributed by atoms with Crippen LogP contribution in [0.15, 0.2) is 60.7 Å². The molecule has 3 heteroatoms. The zero-order chi connectivity index (χ0) is 17.3. The summed E-state index contributed by atoms with van der Waals surface area (Å²) in [6, 6.07) is 20.9. The second-order valence-corrected chi connectivity index (χ2v) is 6.91. The van der Waals surface area contributed by atoms with E-state index in [1.165, 1.54) is 24.0 Å². The normalized spacial score (nSPS) is 15.2. The Morgan fingerprint density at radius 2 is 1.24 bits per heavy atom. The molecule has 2 aromatic rings. The molecule has 0 N–H and O–H groups in total. The van der Waals surface area contributed by atoms with Crippen LogP contribution in [0.5, 0.6) is 0 Å². The number of hydrogen-bond acceptors (Lipinski definition) is 2. The molecule has 25 heavy (non-hydrogen) atoms. The van der Waals surface area contributed by atoms with Crippen molar-refractivity contribution in [2.24, 2.45) is 0 Å². The van der Waals surface area contributed by atoms with Crippen molar-refractivity contribution in [2.75, 3.05) is 19.6 Å². The highest BCUT2D eigenvalue weighted by Gasteiger charge is 2.19. The topological polar surface area (TPSA) is 23.6 Å². The molecule has 0 atom stereocenters. The van der Waals surface area contributed by atoms with Crippen LogP contribution in [0.2, 0.25) is 0 Å². The molecular weight excluding hydrogens is 308 g/mol. The van der Waals surface area contributed by atoms with Crippen molar-refractivity contribution in [3.63, 3.8) is 0 Å². The van der Waals surface area contributed by atoms with Gasteiger partial charge in [0.2, 0.25) is 5.91 Å². The van der Waals surface area contributed by atoms with E-state index in [1.807, 2.05) is 12.1 Å². The van der Waals surface area contributed by atoms with E-state index in [0.717, 1.165) is 39.0 Å². The van der Waals surface area contributed by atoms with E-state index in [1.54, 1.807) is 0 Å². The van der Waals surface area contributed by atoms with E-state index < -0.39 is 0 Å². The van der Waals surface area contributed by atoms with E-state index in [9.17, 15) is 4.79 Å². The third-order valence-electron chi connectivity index (χ3n) is 4.82. The zero-order valence-corrected chi connectivity index (χ0v) is 14.9. The van der Waals surface area contributed by atoms with Gasteiger partial charge < -0.3 is 4.90 Å². The molecule has 2 aromatic carbocycles. The molecule has 1 heterocycles. The van der Waals surface area contributed by atoms with E-state index >= 15 is 0 Å². The highest BCUT2D eigenvalue weighted by atomic mass is 16.2.